The molecule has 1 amide bonds. The molecule has 0 aromatic rings. The SMILES string of the molecule is CC1CCCC(C(=O)N(C)C(C)C(C)(C)C)N1. The van der Waals surface area contributed by atoms with E-state index >= 15 is 0 Å². The fraction of sp³-hybridized carbons (Fsp3) is 0.929. The van der Waals surface area contributed by atoms with Crippen molar-refractivity contribution in [3.63, 3.8) is 0 Å². The van der Waals surface area contributed by atoms with Crippen molar-refractivity contribution in [2.45, 2.75) is 72.0 Å². The van der Waals surface area contributed by atoms with Crippen LogP contribution < -0.4 is 5.32 Å². The summed E-state index contributed by atoms with van der Waals surface area (Å²) in [6, 6.07) is 0.749. The van der Waals surface area contributed by atoms with E-state index in [1.54, 1.807) is 0 Å². The second-order valence-corrected chi connectivity index (χ2v) is 6.54. The zero-order valence-corrected chi connectivity index (χ0v) is 12.2. The molecule has 1 rings (SSSR count). The average Bonchev–Trinajstić information content (AvgIpc) is 2.25. The van der Waals surface area contributed by atoms with Crippen LogP contribution in [-0.4, -0.2) is 36.0 Å². The van der Waals surface area contributed by atoms with E-state index in [0.717, 1.165) is 12.8 Å². The summed E-state index contributed by atoms with van der Waals surface area (Å²) in [7, 11) is 1.93. The first-order valence-electron chi connectivity index (χ1n) is 6.76. The van der Waals surface area contributed by atoms with Gasteiger partial charge in [-0.05, 0) is 38.5 Å². The molecular formula is C14H28N2O. The van der Waals surface area contributed by atoms with Gasteiger partial charge in [0.15, 0.2) is 0 Å². The average molecular weight is 240 g/mol. The molecule has 3 heteroatoms. The number of piperidine rings is 1. The predicted octanol–water partition coefficient (Wildman–Crippen LogP) is 2.41. The van der Waals surface area contributed by atoms with Crippen molar-refractivity contribution < 1.29 is 4.79 Å². The Morgan fingerprint density at radius 1 is 1.35 bits per heavy atom. The zero-order valence-electron chi connectivity index (χ0n) is 12.2. The lowest BCUT2D eigenvalue weighted by atomic mass is 9.86. The van der Waals surface area contributed by atoms with E-state index < -0.39 is 0 Å². The van der Waals surface area contributed by atoms with E-state index in [0.29, 0.717) is 6.04 Å². The molecule has 1 N–H and O–H groups in total. The zero-order chi connectivity index (χ0) is 13.2. The van der Waals surface area contributed by atoms with Gasteiger partial charge in [0, 0.05) is 19.1 Å². The molecule has 100 valence electrons. The number of nitrogens with one attached hydrogen (secondary N) is 1. The van der Waals surface area contributed by atoms with Crippen LogP contribution in [0.15, 0.2) is 0 Å². The summed E-state index contributed by atoms with van der Waals surface area (Å²) in [5.74, 6) is 0.249. The molecule has 1 heterocycles. The summed E-state index contributed by atoms with van der Waals surface area (Å²) >= 11 is 0. The minimum absolute atomic E-state index is 0.0218. The van der Waals surface area contributed by atoms with Crippen molar-refractivity contribution >= 4 is 5.91 Å². The lowest BCUT2D eigenvalue weighted by molar-refractivity contribution is -0.136. The van der Waals surface area contributed by atoms with Gasteiger partial charge in [0.05, 0.1) is 6.04 Å². The van der Waals surface area contributed by atoms with Gasteiger partial charge in [0.25, 0.3) is 0 Å². The molecule has 1 saturated heterocycles. The molecule has 0 spiro atoms. The Hall–Kier alpha value is -0.570. The van der Waals surface area contributed by atoms with Crippen LogP contribution in [0.1, 0.15) is 53.9 Å². The Labute approximate surface area is 106 Å². The molecule has 0 saturated carbocycles. The molecule has 0 aromatic heterocycles. The first-order valence-corrected chi connectivity index (χ1v) is 6.76. The number of carbonyl (C=O) groups excluding carboxylic acids is 1. The van der Waals surface area contributed by atoms with Crippen LogP contribution in [0.5, 0.6) is 0 Å². The van der Waals surface area contributed by atoms with Gasteiger partial charge in [-0.1, -0.05) is 20.8 Å². The van der Waals surface area contributed by atoms with E-state index in [2.05, 4.69) is 39.9 Å². The van der Waals surface area contributed by atoms with Crippen molar-refractivity contribution in [2.75, 3.05) is 7.05 Å². The van der Waals surface area contributed by atoms with E-state index in [9.17, 15) is 4.79 Å². The highest BCUT2D eigenvalue weighted by Gasteiger charge is 2.32. The van der Waals surface area contributed by atoms with Crippen molar-refractivity contribution in [3.8, 4) is 0 Å². The Morgan fingerprint density at radius 3 is 2.41 bits per heavy atom. The maximum Gasteiger partial charge on any atom is 0.239 e. The van der Waals surface area contributed by atoms with E-state index in [4.69, 9.17) is 0 Å². The molecule has 1 aliphatic rings. The van der Waals surface area contributed by atoms with Crippen LogP contribution in [0.3, 0.4) is 0 Å². The van der Waals surface area contributed by atoms with Crippen molar-refractivity contribution in [1.29, 1.82) is 0 Å². The number of amides is 1. The van der Waals surface area contributed by atoms with Crippen LogP contribution >= 0.6 is 0 Å². The lowest BCUT2D eigenvalue weighted by Crippen LogP contribution is -2.54. The number of rotatable bonds is 2. The fourth-order valence-electron chi connectivity index (χ4n) is 2.35. The second-order valence-electron chi connectivity index (χ2n) is 6.54. The van der Waals surface area contributed by atoms with Crippen molar-refractivity contribution in [3.05, 3.63) is 0 Å². The number of likely N-dealkylation sites (N-methyl/N-ethyl adjacent to an activating group) is 1. The third-order valence-corrected chi connectivity index (χ3v) is 4.10. The fourth-order valence-corrected chi connectivity index (χ4v) is 2.35. The molecule has 3 unspecified atom stereocenters. The largest absolute Gasteiger partial charge is 0.341 e. The van der Waals surface area contributed by atoms with Crippen LogP contribution in [0.25, 0.3) is 0 Å². The monoisotopic (exact) mass is 240 g/mol. The van der Waals surface area contributed by atoms with E-state index in [-0.39, 0.29) is 23.4 Å². The van der Waals surface area contributed by atoms with Crippen LogP contribution in [0.2, 0.25) is 0 Å². The number of nitrogens with zero attached hydrogens (tertiary/aromatic N) is 1. The van der Waals surface area contributed by atoms with Crippen molar-refractivity contribution in [1.82, 2.24) is 10.2 Å². The van der Waals surface area contributed by atoms with Crippen molar-refractivity contribution in [2.24, 2.45) is 5.41 Å². The highest BCUT2D eigenvalue weighted by Crippen LogP contribution is 2.24. The number of hydrogen-bond donors (Lipinski definition) is 1. The minimum atomic E-state index is 0.0218. The molecule has 0 aliphatic carbocycles. The van der Waals surface area contributed by atoms with Crippen LogP contribution in [-0.2, 0) is 4.79 Å². The third kappa shape index (κ3) is 3.70. The Balaban J connectivity index is 2.63. The van der Waals surface area contributed by atoms with Crippen LogP contribution in [0, 0.1) is 5.41 Å². The molecule has 17 heavy (non-hydrogen) atoms. The number of hydrogen-bond acceptors (Lipinski definition) is 2. The van der Waals surface area contributed by atoms with Gasteiger partial charge in [-0.2, -0.15) is 0 Å². The normalized spacial score (nSPS) is 27.6. The maximum absolute atomic E-state index is 12.4. The topological polar surface area (TPSA) is 32.3 Å². The van der Waals surface area contributed by atoms with Gasteiger partial charge in [-0.3, -0.25) is 4.79 Å². The summed E-state index contributed by atoms with van der Waals surface area (Å²) in [6.07, 6.45) is 3.31. The molecule has 3 atom stereocenters. The smallest absolute Gasteiger partial charge is 0.239 e. The highest BCUT2D eigenvalue weighted by molar-refractivity contribution is 5.82. The predicted molar refractivity (Wildman–Crippen MR) is 71.9 cm³/mol. The van der Waals surface area contributed by atoms with Gasteiger partial charge in [0.1, 0.15) is 0 Å². The lowest BCUT2D eigenvalue weighted by Gasteiger charge is -2.39. The maximum atomic E-state index is 12.4. The van der Waals surface area contributed by atoms with Gasteiger partial charge in [-0.15, -0.1) is 0 Å². The molecule has 1 aliphatic heterocycles. The Bertz CT molecular complexity index is 270. The summed E-state index contributed by atoms with van der Waals surface area (Å²) in [4.78, 5) is 14.3. The molecule has 1 fully saturated rings. The summed E-state index contributed by atoms with van der Waals surface area (Å²) in [6.45, 7) is 10.8. The molecule has 0 bridgehead atoms. The quantitative estimate of drug-likeness (QED) is 0.804. The summed E-state index contributed by atoms with van der Waals surface area (Å²) in [5.41, 5.74) is 0.130. The summed E-state index contributed by atoms with van der Waals surface area (Å²) in [5, 5.41) is 3.41. The second kappa shape index (κ2) is 5.38. The molecule has 3 nitrogen and oxygen atoms in total. The van der Waals surface area contributed by atoms with E-state index in [1.807, 2.05) is 11.9 Å². The Kier molecular flexibility index (Phi) is 4.59. The minimum Gasteiger partial charge on any atom is -0.341 e. The standard InChI is InChI=1S/C14H28N2O/c1-10-8-7-9-12(15-10)13(17)16(6)11(2)14(3,4)5/h10-12,15H,7-9H2,1-6H3. The highest BCUT2D eigenvalue weighted by atomic mass is 16.2. The van der Waals surface area contributed by atoms with Gasteiger partial charge < -0.3 is 10.2 Å². The van der Waals surface area contributed by atoms with Gasteiger partial charge >= 0.3 is 0 Å². The first kappa shape index (κ1) is 14.5. The molecular weight excluding hydrogens is 212 g/mol. The Morgan fingerprint density at radius 2 is 1.94 bits per heavy atom. The first-order chi connectivity index (χ1) is 7.73. The molecule has 0 aromatic carbocycles. The number of carbonyl (C=O) groups is 1. The third-order valence-electron chi connectivity index (χ3n) is 4.10. The van der Waals surface area contributed by atoms with Gasteiger partial charge in [-0.25, -0.2) is 0 Å². The van der Waals surface area contributed by atoms with Crippen LogP contribution in [0.4, 0.5) is 0 Å². The molecule has 0 radical (unpaired) electrons. The van der Waals surface area contributed by atoms with Gasteiger partial charge in [0.2, 0.25) is 5.91 Å². The summed E-state index contributed by atoms with van der Waals surface area (Å²) < 4.78 is 0. The van der Waals surface area contributed by atoms with E-state index in [1.165, 1.54) is 6.42 Å².